The maximum Gasteiger partial charge on any atom is 0.573 e. The molecule has 0 radical (unpaired) electrons. The first-order valence-corrected chi connectivity index (χ1v) is 10.9. The van der Waals surface area contributed by atoms with Crippen LogP contribution in [0, 0.1) is 0 Å². The number of hydrogen-bond acceptors (Lipinski definition) is 5. The third kappa shape index (κ3) is 6.71. The lowest BCUT2D eigenvalue weighted by Gasteiger charge is -2.21. The number of hydrogen-bond donors (Lipinski definition) is 1. The van der Waals surface area contributed by atoms with Crippen molar-refractivity contribution in [3.05, 3.63) is 65.0 Å². The Balaban J connectivity index is 1.82. The Hall–Kier alpha value is -3.07. The molecule has 3 rings (SSSR count). The summed E-state index contributed by atoms with van der Waals surface area (Å²) < 4.78 is 41.6. The molecule has 0 saturated carbocycles. The zero-order valence-corrected chi connectivity index (χ0v) is 18.4. The minimum absolute atomic E-state index is 0.128. The van der Waals surface area contributed by atoms with Gasteiger partial charge >= 0.3 is 12.3 Å². The molecule has 170 valence electrons. The third-order valence-corrected chi connectivity index (χ3v) is 5.64. The smallest absolute Gasteiger partial charge is 0.481 e. The van der Waals surface area contributed by atoms with E-state index in [1.165, 1.54) is 35.1 Å². The average Bonchev–Trinajstić information content (AvgIpc) is 3.20. The Morgan fingerprint density at radius 1 is 1.19 bits per heavy atom. The maximum atomic E-state index is 12.5. The van der Waals surface area contributed by atoms with E-state index in [0.29, 0.717) is 16.6 Å². The van der Waals surface area contributed by atoms with Crippen LogP contribution in [0.1, 0.15) is 37.3 Å². The lowest BCUT2D eigenvalue weighted by molar-refractivity contribution is -0.274. The topological polar surface area (TPSA) is 62.7 Å². The summed E-state index contributed by atoms with van der Waals surface area (Å²) in [6, 6.07) is 13.7. The molecule has 0 aliphatic carbocycles. The van der Waals surface area contributed by atoms with Crippen LogP contribution >= 0.6 is 11.3 Å². The third-order valence-electron chi connectivity index (χ3n) is 4.74. The average molecular weight is 465 g/mol. The molecule has 5 nitrogen and oxygen atoms in total. The quantitative estimate of drug-likeness (QED) is 0.402. The molecular formula is C23H23F3N2O3S. The first kappa shape index (κ1) is 23.6. The Morgan fingerprint density at radius 2 is 1.91 bits per heavy atom. The second kappa shape index (κ2) is 10.0. The minimum Gasteiger partial charge on any atom is -0.481 e. The van der Waals surface area contributed by atoms with Crippen molar-refractivity contribution in [3.8, 4) is 17.0 Å². The number of carboxylic acids is 1. The molecule has 0 amide bonds. The van der Waals surface area contributed by atoms with E-state index in [2.05, 4.69) is 23.6 Å². The van der Waals surface area contributed by atoms with Gasteiger partial charge in [-0.25, -0.2) is 4.98 Å². The number of aromatic nitrogens is 1. The predicted octanol–water partition coefficient (Wildman–Crippen LogP) is 6.31. The van der Waals surface area contributed by atoms with Gasteiger partial charge in [-0.15, -0.1) is 24.5 Å². The monoisotopic (exact) mass is 464 g/mol. The van der Waals surface area contributed by atoms with Gasteiger partial charge in [0.1, 0.15) is 5.75 Å². The van der Waals surface area contributed by atoms with E-state index in [9.17, 15) is 18.0 Å². The summed E-state index contributed by atoms with van der Waals surface area (Å²) in [5.41, 5.74) is 3.47. The summed E-state index contributed by atoms with van der Waals surface area (Å²) >= 11 is 1.36. The Labute approximate surface area is 188 Å². The summed E-state index contributed by atoms with van der Waals surface area (Å²) in [5.74, 6) is -0.873. The standard InChI is InChI=1S/C23H23F3N2O3S/c1-15(2)17-6-8-18(9-7-17)20-14-32-22(27-20)28(11-10-21(29)30)13-16-4-3-5-19(12-16)31-23(24,25)26/h3-9,12,14-15H,10-11,13H2,1-2H3,(H,29,30). The van der Waals surface area contributed by atoms with Crippen LogP contribution < -0.4 is 9.64 Å². The van der Waals surface area contributed by atoms with Crippen LogP contribution in [-0.2, 0) is 11.3 Å². The first-order valence-electron chi connectivity index (χ1n) is 9.98. The number of ether oxygens (including phenoxy) is 1. The predicted molar refractivity (Wildman–Crippen MR) is 118 cm³/mol. The SMILES string of the molecule is CC(C)c1ccc(-c2csc(N(CCC(=O)O)Cc3cccc(OC(F)(F)F)c3)n2)cc1. The molecule has 0 atom stereocenters. The number of carboxylic acid groups (broad SMARTS) is 1. The van der Waals surface area contributed by atoms with E-state index >= 15 is 0 Å². The second-order valence-electron chi connectivity index (χ2n) is 7.55. The zero-order valence-electron chi connectivity index (χ0n) is 17.6. The molecule has 0 unspecified atom stereocenters. The van der Waals surface area contributed by atoms with Crippen LogP contribution in [-0.4, -0.2) is 29.0 Å². The van der Waals surface area contributed by atoms with Crippen molar-refractivity contribution >= 4 is 22.4 Å². The highest BCUT2D eigenvalue weighted by Gasteiger charge is 2.31. The van der Waals surface area contributed by atoms with E-state index in [0.717, 1.165) is 11.3 Å². The van der Waals surface area contributed by atoms with E-state index in [1.54, 1.807) is 11.0 Å². The van der Waals surface area contributed by atoms with Crippen molar-refractivity contribution in [2.75, 3.05) is 11.4 Å². The normalized spacial score (nSPS) is 11.6. The molecule has 0 bridgehead atoms. The van der Waals surface area contributed by atoms with Gasteiger partial charge in [-0.3, -0.25) is 4.79 Å². The van der Waals surface area contributed by atoms with Crippen LogP contribution in [0.25, 0.3) is 11.3 Å². The minimum atomic E-state index is -4.78. The van der Waals surface area contributed by atoms with Crippen molar-refractivity contribution in [1.82, 2.24) is 4.98 Å². The van der Waals surface area contributed by atoms with Crippen molar-refractivity contribution in [2.45, 2.75) is 39.1 Å². The zero-order chi connectivity index (χ0) is 23.3. The number of anilines is 1. The molecule has 1 heterocycles. The van der Waals surface area contributed by atoms with Crippen molar-refractivity contribution in [3.63, 3.8) is 0 Å². The molecule has 1 N–H and O–H groups in total. The number of alkyl halides is 3. The highest BCUT2D eigenvalue weighted by atomic mass is 32.1. The fourth-order valence-corrected chi connectivity index (χ4v) is 3.98. The van der Waals surface area contributed by atoms with Gasteiger partial charge in [-0.2, -0.15) is 0 Å². The lowest BCUT2D eigenvalue weighted by atomic mass is 10.0. The number of thiazole rings is 1. The fourth-order valence-electron chi connectivity index (χ4n) is 3.12. The molecule has 3 aromatic rings. The Kier molecular flexibility index (Phi) is 7.40. The van der Waals surface area contributed by atoms with Gasteiger partial charge in [-0.05, 0) is 29.2 Å². The van der Waals surface area contributed by atoms with E-state index in [1.807, 2.05) is 29.6 Å². The maximum absolute atomic E-state index is 12.5. The van der Waals surface area contributed by atoms with E-state index < -0.39 is 12.3 Å². The summed E-state index contributed by atoms with van der Waals surface area (Å²) in [4.78, 5) is 17.5. The van der Waals surface area contributed by atoms with Gasteiger partial charge in [0.05, 0.1) is 12.1 Å². The summed E-state index contributed by atoms with van der Waals surface area (Å²) in [5, 5.41) is 11.6. The van der Waals surface area contributed by atoms with Gasteiger partial charge < -0.3 is 14.7 Å². The highest BCUT2D eigenvalue weighted by molar-refractivity contribution is 7.14. The molecule has 0 fully saturated rings. The number of nitrogens with zero attached hydrogens (tertiary/aromatic N) is 2. The number of aliphatic carboxylic acids is 1. The van der Waals surface area contributed by atoms with Crippen molar-refractivity contribution < 1.29 is 27.8 Å². The largest absolute Gasteiger partial charge is 0.573 e. The molecular weight excluding hydrogens is 441 g/mol. The molecule has 0 spiro atoms. The number of carbonyl (C=O) groups is 1. The summed E-state index contributed by atoms with van der Waals surface area (Å²) in [6.45, 7) is 4.59. The molecule has 32 heavy (non-hydrogen) atoms. The number of rotatable bonds is 9. The molecule has 0 aliphatic heterocycles. The Morgan fingerprint density at radius 3 is 2.53 bits per heavy atom. The van der Waals surface area contributed by atoms with Gasteiger partial charge in [0, 0.05) is 24.0 Å². The molecule has 1 aromatic heterocycles. The molecule has 0 saturated heterocycles. The van der Waals surface area contributed by atoms with Crippen LogP contribution in [0.4, 0.5) is 18.3 Å². The van der Waals surface area contributed by atoms with Crippen LogP contribution in [0.5, 0.6) is 5.75 Å². The molecule has 9 heteroatoms. The Bertz CT molecular complexity index is 1050. The van der Waals surface area contributed by atoms with Crippen molar-refractivity contribution in [1.29, 1.82) is 0 Å². The fraction of sp³-hybridized carbons (Fsp3) is 0.304. The first-order chi connectivity index (χ1) is 15.1. The van der Waals surface area contributed by atoms with Gasteiger partial charge in [0.2, 0.25) is 0 Å². The lowest BCUT2D eigenvalue weighted by Crippen LogP contribution is -2.25. The summed E-state index contributed by atoms with van der Waals surface area (Å²) in [6.07, 6.45) is -4.91. The van der Waals surface area contributed by atoms with E-state index in [4.69, 9.17) is 5.11 Å². The summed E-state index contributed by atoms with van der Waals surface area (Å²) in [7, 11) is 0. The van der Waals surface area contributed by atoms with Crippen molar-refractivity contribution in [2.24, 2.45) is 0 Å². The second-order valence-corrected chi connectivity index (χ2v) is 8.39. The van der Waals surface area contributed by atoms with Crippen LogP contribution in [0.15, 0.2) is 53.9 Å². The number of halogens is 3. The number of benzene rings is 2. The molecule has 0 aliphatic rings. The highest BCUT2D eigenvalue weighted by Crippen LogP contribution is 2.30. The van der Waals surface area contributed by atoms with E-state index in [-0.39, 0.29) is 25.3 Å². The van der Waals surface area contributed by atoms with Crippen LogP contribution in [0.2, 0.25) is 0 Å². The molecule has 2 aromatic carbocycles. The van der Waals surface area contributed by atoms with Gasteiger partial charge in [-0.1, -0.05) is 50.2 Å². The van der Waals surface area contributed by atoms with Gasteiger partial charge in [0.25, 0.3) is 0 Å². The van der Waals surface area contributed by atoms with Crippen LogP contribution in [0.3, 0.4) is 0 Å². The van der Waals surface area contributed by atoms with Gasteiger partial charge in [0.15, 0.2) is 5.13 Å².